The van der Waals surface area contributed by atoms with Crippen LogP contribution in [0.15, 0.2) is 48.7 Å². The van der Waals surface area contributed by atoms with Crippen molar-refractivity contribution < 1.29 is 22.8 Å². The first-order chi connectivity index (χ1) is 15.3. The molecule has 1 atom stereocenters. The summed E-state index contributed by atoms with van der Waals surface area (Å²) in [6, 6.07) is 11.7. The monoisotopic (exact) mass is 448 g/mol. The van der Waals surface area contributed by atoms with Gasteiger partial charge in [0.2, 0.25) is 5.91 Å². The van der Waals surface area contributed by atoms with Crippen LogP contribution in [0.25, 0.3) is 0 Å². The van der Waals surface area contributed by atoms with Crippen LogP contribution < -0.4 is 10.6 Å². The summed E-state index contributed by atoms with van der Waals surface area (Å²) in [5.74, 6) is -0.432. The van der Waals surface area contributed by atoms with Crippen LogP contribution in [0.1, 0.15) is 53.3 Å². The molecule has 3 rings (SSSR count). The third kappa shape index (κ3) is 6.78. The number of nitrogens with zero attached hydrogens (tertiary/aromatic N) is 2. The molecular weight excluding hydrogens is 421 g/mol. The molecular formula is C23H27F3N4O2. The van der Waals surface area contributed by atoms with Crippen molar-refractivity contribution in [1.82, 2.24) is 20.5 Å². The lowest BCUT2D eigenvalue weighted by Crippen LogP contribution is -2.35. The minimum Gasteiger partial charge on any atom is -0.356 e. The maximum Gasteiger partial charge on any atom is 0.433 e. The zero-order valence-electron chi connectivity index (χ0n) is 17.7. The van der Waals surface area contributed by atoms with Gasteiger partial charge in [0.15, 0.2) is 0 Å². The summed E-state index contributed by atoms with van der Waals surface area (Å²) in [6.07, 6.45) is -1.18. The van der Waals surface area contributed by atoms with Crippen LogP contribution in [-0.2, 0) is 11.0 Å². The Hall–Kier alpha value is -2.94. The zero-order chi connectivity index (χ0) is 23.0. The Kier molecular flexibility index (Phi) is 8.21. The number of amides is 2. The third-order valence-electron chi connectivity index (χ3n) is 5.35. The number of aromatic nitrogens is 1. The second-order valence-corrected chi connectivity index (χ2v) is 7.75. The lowest BCUT2D eigenvalue weighted by Gasteiger charge is -2.23. The number of carbonyl (C=O) groups is 2. The number of nitrogens with one attached hydrogen (secondary N) is 2. The van der Waals surface area contributed by atoms with Crippen molar-refractivity contribution in [3.63, 3.8) is 0 Å². The zero-order valence-corrected chi connectivity index (χ0v) is 17.7. The number of alkyl halides is 3. The van der Waals surface area contributed by atoms with E-state index in [2.05, 4.69) is 15.6 Å². The van der Waals surface area contributed by atoms with Gasteiger partial charge in [-0.15, -0.1) is 0 Å². The minimum atomic E-state index is -4.55. The SMILES string of the molecule is O=C1CC(c2ccccc2)NCCCCN(C(=O)c2ccc(C(F)(F)F)nc2)CCCN1. The fourth-order valence-electron chi connectivity index (χ4n) is 3.64. The molecule has 0 radical (unpaired) electrons. The average Bonchev–Trinajstić information content (AvgIpc) is 2.80. The largest absolute Gasteiger partial charge is 0.433 e. The molecule has 2 aromatic rings. The molecule has 1 saturated heterocycles. The number of pyridine rings is 1. The van der Waals surface area contributed by atoms with Crippen LogP contribution in [0.5, 0.6) is 0 Å². The van der Waals surface area contributed by atoms with Crippen molar-refractivity contribution in [2.75, 3.05) is 26.2 Å². The molecule has 1 fully saturated rings. The van der Waals surface area contributed by atoms with Gasteiger partial charge in [-0.3, -0.25) is 14.6 Å². The molecule has 1 aliphatic rings. The summed E-state index contributed by atoms with van der Waals surface area (Å²) >= 11 is 0. The molecule has 0 aliphatic carbocycles. The van der Waals surface area contributed by atoms with Crippen molar-refractivity contribution in [3.05, 3.63) is 65.5 Å². The van der Waals surface area contributed by atoms with Gasteiger partial charge in [-0.05, 0) is 43.5 Å². The average molecular weight is 448 g/mol. The Balaban J connectivity index is 1.64. The van der Waals surface area contributed by atoms with Gasteiger partial charge < -0.3 is 15.5 Å². The molecule has 0 saturated carbocycles. The summed E-state index contributed by atoms with van der Waals surface area (Å²) in [7, 11) is 0. The number of benzene rings is 1. The Labute approximate surface area is 185 Å². The normalized spacial score (nSPS) is 19.3. The van der Waals surface area contributed by atoms with Crippen molar-refractivity contribution in [1.29, 1.82) is 0 Å². The standard InChI is InChI=1S/C23H27F3N4O2/c24-23(25,26)20-10-9-18(16-29-20)22(32)30-13-5-4-11-27-19(17-7-2-1-3-8-17)15-21(31)28-12-6-14-30/h1-3,7-10,16,19,27H,4-6,11-15H2,(H,28,31). The molecule has 0 bridgehead atoms. The van der Waals surface area contributed by atoms with E-state index in [0.717, 1.165) is 36.7 Å². The number of halogens is 3. The molecule has 1 unspecified atom stereocenters. The third-order valence-corrected chi connectivity index (χ3v) is 5.35. The van der Waals surface area contributed by atoms with Gasteiger partial charge in [0.25, 0.3) is 5.91 Å². The molecule has 172 valence electrons. The van der Waals surface area contributed by atoms with Crippen molar-refractivity contribution in [2.24, 2.45) is 0 Å². The smallest absolute Gasteiger partial charge is 0.356 e. The van der Waals surface area contributed by atoms with Gasteiger partial charge in [0.1, 0.15) is 5.69 Å². The van der Waals surface area contributed by atoms with Gasteiger partial charge in [-0.25, -0.2) is 0 Å². The van der Waals surface area contributed by atoms with E-state index < -0.39 is 11.9 Å². The number of rotatable bonds is 2. The summed E-state index contributed by atoms with van der Waals surface area (Å²) in [5, 5.41) is 6.31. The van der Waals surface area contributed by atoms with Crippen LogP contribution >= 0.6 is 0 Å². The van der Waals surface area contributed by atoms with Crippen LogP contribution in [0.2, 0.25) is 0 Å². The molecule has 32 heavy (non-hydrogen) atoms. The molecule has 2 heterocycles. The van der Waals surface area contributed by atoms with E-state index in [0.29, 0.717) is 39.0 Å². The van der Waals surface area contributed by atoms with E-state index in [4.69, 9.17) is 0 Å². The molecule has 0 spiro atoms. The first-order valence-electron chi connectivity index (χ1n) is 10.7. The molecule has 1 aliphatic heterocycles. The Bertz CT molecular complexity index is 888. The van der Waals surface area contributed by atoms with E-state index in [1.165, 1.54) is 0 Å². The highest BCUT2D eigenvalue weighted by molar-refractivity contribution is 5.93. The number of hydrogen-bond donors (Lipinski definition) is 2. The maximum atomic E-state index is 12.8. The highest BCUT2D eigenvalue weighted by atomic mass is 19.4. The summed E-state index contributed by atoms with van der Waals surface area (Å²) in [6.45, 7) is 1.97. The van der Waals surface area contributed by atoms with Gasteiger partial charge >= 0.3 is 6.18 Å². The van der Waals surface area contributed by atoms with Gasteiger partial charge in [-0.2, -0.15) is 13.2 Å². The molecule has 2 amide bonds. The topological polar surface area (TPSA) is 74.3 Å². The Morgan fingerprint density at radius 3 is 2.44 bits per heavy atom. The fourth-order valence-corrected chi connectivity index (χ4v) is 3.64. The predicted octanol–water partition coefficient (Wildman–Crippen LogP) is 3.56. The van der Waals surface area contributed by atoms with E-state index in [-0.39, 0.29) is 23.4 Å². The number of carbonyl (C=O) groups excluding carboxylic acids is 2. The minimum absolute atomic E-state index is 0.0737. The van der Waals surface area contributed by atoms with Crippen molar-refractivity contribution >= 4 is 11.8 Å². The highest BCUT2D eigenvalue weighted by Crippen LogP contribution is 2.27. The second kappa shape index (κ2) is 11.1. The van der Waals surface area contributed by atoms with Crippen molar-refractivity contribution in [2.45, 2.75) is 37.9 Å². The predicted molar refractivity (Wildman–Crippen MR) is 114 cm³/mol. The number of hydrogen-bond acceptors (Lipinski definition) is 4. The highest BCUT2D eigenvalue weighted by Gasteiger charge is 2.32. The quantitative estimate of drug-likeness (QED) is 0.737. The van der Waals surface area contributed by atoms with Crippen LogP contribution in [0.3, 0.4) is 0 Å². The fraction of sp³-hybridized carbons (Fsp3) is 0.435. The van der Waals surface area contributed by atoms with Crippen LogP contribution in [0, 0.1) is 0 Å². The molecule has 6 nitrogen and oxygen atoms in total. The first kappa shape index (κ1) is 23.7. The van der Waals surface area contributed by atoms with E-state index in [1.54, 1.807) is 4.90 Å². The molecule has 1 aromatic heterocycles. The second-order valence-electron chi connectivity index (χ2n) is 7.75. The van der Waals surface area contributed by atoms with Crippen LogP contribution in [-0.4, -0.2) is 47.9 Å². The summed E-state index contributed by atoms with van der Waals surface area (Å²) in [5.41, 5.74) is 0.137. The van der Waals surface area contributed by atoms with Gasteiger partial charge in [-0.1, -0.05) is 30.3 Å². The van der Waals surface area contributed by atoms with Gasteiger partial charge in [0, 0.05) is 38.3 Å². The Morgan fingerprint density at radius 2 is 1.75 bits per heavy atom. The van der Waals surface area contributed by atoms with E-state index >= 15 is 0 Å². The lowest BCUT2D eigenvalue weighted by atomic mass is 10.0. The molecule has 9 heteroatoms. The maximum absolute atomic E-state index is 12.8. The lowest BCUT2D eigenvalue weighted by molar-refractivity contribution is -0.141. The van der Waals surface area contributed by atoms with E-state index in [1.807, 2.05) is 30.3 Å². The summed E-state index contributed by atoms with van der Waals surface area (Å²) < 4.78 is 38.2. The van der Waals surface area contributed by atoms with E-state index in [9.17, 15) is 22.8 Å². The summed E-state index contributed by atoms with van der Waals surface area (Å²) in [4.78, 5) is 30.2. The molecule has 1 aromatic carbocycles. The van der Waals surface area contributed by atoms with Crippen molar-refractivity contribution in [3.8, 4) is 0 Å². The first-order valence-corrected chi connectivity index (χ1v) is 10.7. The van der Waals surface area contributed by atoms with Gasteiger partial charge in [0.05, 0.1) is 5.56 Å². The van der Waals surface area contributed by atoms with Crippen LogP contribution in [0.4, 0.5) is 13.2 Å². The molecule has 2 N–H and O–H groups in total. The Morgan fingerprint density at radius 1 is 1.00 bits per heavy atom.